The van der Waals surface area contributed by atoms with Crippen LogP contribution in [0.2, 0.25) is 0 Å². The first-order valence-electron chi connectivity index (χ1n) is 7.24. The van der Waals surface area contributed by atoms with Crippen molar-refractivity contribution >= 4 is 23.0 Å². The number of nitro groups is 1. The van der Waals surface area contributed by atoms with E-state index in [2.05, 4.69) is 10.6 Å². The third-order valence-corrected chi connectivity index (χ3v) is 3.31. The van der Waals surface area contributed by atoms with Crippen molar-refractivity contribution in [3.05, 3.63) is 58.1 Å². The summed E-state index contributed by atoms with van der Waals surface area (Å²) in [5, 5.41) is 15.8. The number of hydrogen-bond donors (Lipinski definition) is 2. The lowest BCUT2D eigenvalue weighted by atomic mass is 10.2. The number of alkyl halides is 3. The molecule has 7 nitrogen and oxygen atoms in total. The largest absolute Gasteiger partial charge is 0.494 e. The molecule has 0 bridgehead atoms. The number of carbonyl (C=O) groups is 1. The fourth-order valence-corrected chi connectivity index (χ4v) is 2.08. The molecule has 0 atom stereocenters. The van der Waals surface area contributed by atoms with E-state index in [9.17, 15) is 28.1 Å². The minimum absolute atomic E-state index is 0.0895. The van der Waals surface area contributed by atoms with Crippen LogP contribution in [0.5, 0.6) is 5.75 Å². The van der Waals surface area contributed by atoms with Gasteiger partial charge in [0.05, 0.1) is 35.9 Å². The van der Waals surface area contributed by atoms with Crippen LogP contribution in [0.25, 0.3) is 0 Å². The number of nitrogens with zero attached hydrogens (tertiary/aromatic N) is 1. The lowest BCUT2D eigenvalue weighted by Crippen LogP contribution is -2.22. The van der Waals surface area contributed by atoms with E-state index in [0.29, 0.717) is 0 Å². The molecule has 10 heteroatoms. The molecule has 0 unspecified atom stereocenters. The van der Waals surface area contributed by atoms with Gasteiger partial charge in [-0.05, 0) is 24.3 Å². The highest BCUT2D eigenvalue weighted by Crippen LogP contribution is 2.31. The minimum Gasteiger partial charge on any atom is -0.494 e. The molecule has 138 valence electrons. The maximum atomic E-state index is 12.7. The molecular weight excluding hydrogens is 355 g/mol. The van der Waals surface area contributed by atoms with Crippen LogP contribution in [-0.4, -0.2) is 24.5 Å². The molecule has 0 heterocycles. The molecule has 0 aromatic heterocycles. The Kier molecular flexibility index (Phi) is 5.65. The Bertz CT molecular complexity index is 825. The maximum Gasteiger partial charge on any atom is 0.416 e. The van der Waals surface area contributed by atoms with Gasteiger partial charge >= 0.3 is 6.18 Å². The SMILES string of the molecule is COc1cc([N+](=O)[O-])ccc1NC(=O)CNc1cccc(C(F)(F)F)c1. The Hall–Kier alpha value is -3.30. The second-order valence-corrected chi connectivity index (χ2v) is 5.12. The summed E-state index contributed by atoms with van der Waals surface area (Å²) in [4.78, 5) is 22.1. The molecule has 0 spiro atoms. The molecule has 2 N–H and O–H groups in total. The molecule has 2 aromatic carbocycles. The van der Waals surface area contributed by atoms with Gasteiger partial charge in [0.1, 0.15) is 5.75 Å². The number of halogens is 3. The average molecular weight is 369 g/mol. The van der Waals surface area contributed by atoms with Crippen LogP contribution in [0.1, 0.15) is 5.56 Å². The fraction of sp³-hybridized carbons (Fsp3) is 0.188. The zero-order valence-corrected chi connectivity index (χ0v) is 13.5. The number of benzene rings is 2. The molecule has 0 aliphatic heterocycles. The topological polar surface area (TPSA) is 93.5 Å². The number of methoxy groups -OCH3 is 1. The van der Waals surface area contributed by atoms with E-state index >= 15 is 0 Å². The molecule has 0 saturated heterocycles. The Balaban J connectivity index is 2.02. The second kappa shape index (κ2) is 7.72. The van der Waals surface area contributed by atoms with E-state index in [4.69, 9.17) is 4.74 Å². The van der Waals surface area contributed by atoms with Crippen LogP contribution in [0.4, 0.5) is 30.2 Å². The van der Waals surface area contributed by atoms with E-state index in [1.165, 1.54) is 31.4 Å². The van der Waals surface area contributed by atoms with Gasteiger partial charge in [-0.1, -0.05) is 6.07 Å². The smallest absolute Gasteiger partial charge is 0.416 e. The highest BCUT2D eigenvalue weighted by molar-refractivity contribution is 5.95. The quantitative estimate of drug-likeness (QED) is 0.599. The monoisotopic (exact) mass is 369 g/mol. The van der Waals surface area contributed by atoms with Crippen LogP contribution in [0, 0.1) is 10.1 Å². The molecule has 26 heavy (non-hydrogen) atoms. The van der Waals surface area contributed by atoms with Gasteiger partial charge < -0.3 is 15.4 Å². The number of nitrogens with one attached hydrogen (secondary N) is 2. The van der Waals surface area contributed by atoms with E-state index in [0.717, 1.165) is 18.2 Å². The number of carbonyl (C=O) groups excluding carboxylic acids is 1. The molecule has 2 rings (SSSR count). The molecule has 0 aliphatic carbocycles. The molecular formula is C16H14F3N3O4. The molecule has 1 amide bonds. The number of anilines is 2. The molecule has 0 aliphatic rings. The fourth-order valence-electron chi connectivity index (χ4n) is 2.08. The van der Waals surface area contributed by atoms with Gasteiger partial charge in [0.2, 0.25) is 5.91 Å². The van der Waals surface area contributed by atoms with Crippen LogP contribution in [-0.2, 0) is 11.0 Å². The molecule has 2 aromatic rings. The first-order valence-corrected chi connectivity index (χ1v) is 7.24. The van der Waals surface area contributed by atoms with Crippen molar-refractivity contribution in [3.8, 4) is 5.75 Å². The van der Waals surface area contributed by atoms with Crippen molar-refractivity contribution in [1.82, 2.24) is 0 Å². The van der Waals surface area contributed by atoms with E-state index in [1.807, 2.05) is 0 Å². The third-order valence-electron chi connectivity index (χ3n) is 3.31. The van der Waals surface area contributed by atoms with Gasteiger partial charge in [0.15, 0.2) is 0 Å². The number of non-ortho nitro benzene ring substituents is 1. The number of rotatable bonds is 6. The second-order valence-electron chi connectivity index (χ2n) is 5.12. The molecule has 0 saturated carbocycles. The standard InChI is InChI=1S/C16H14F3N3O4/c1-26-14-8-12(22(24)25)5-6-13(14)21-15(23)9-20-11-4-2-3-10(7-11)16(17,18)19/h2-8,20H,9H2,1H3,(H,21,23). The maximum absolute atomic E-state index is 12.7. The van der Waals surface area contributed by atoms with Gasteiger partial charge in [0, 0.05) is 11.8 Å². The van der Waals surface area contributed by atoms with Crippen molar-refractivity contribution in [2.75, 3.05) is 24.3 Å². The Morgan fingerprint density at radius 1 is 1.23 bits per heavy atom. The first kappa shape index (κ1) is 19.0. The van der Waals surface area contributed by atoms with Crippen LogP contribution < -0.4 is 15.4 Å². The zero-order valence-electron chi connectivity index (χ0n) is 13.5. The summed E-state index contributed by atoms with van der Waals surface area (Å²) in [6.45, 7) is -0.304. The van der Waals surface area contributed by atoms with Gasteiger partial charge in [-0.2, -0.15) is 13.2 Å². The summed E-state index contributed by atoms with van der Waals surface area (Å²) < 4.78 is 43.0. The highest BCUT2D eigenvalue weighted by Gasteiger charge is 2.30. The van der Waals surface area contributed by atoms with E-state index in [1.54, 1.807) is 0 Å². The summed E-state index contributed by atoms with van der Waals surface area (Å²) in [5.74, 6) is -0.471. The number of nitro benzene ring substituents is 1. The first-order chi connectivity index (χ1) is 12.2. The predicted molar refractivity (Wildman–Crippen MR) is 88.2 cm³/mol. The van der Waals surface area contributed by atoms with Crippen LogP contribution >= 0.6 is 0 Å². The Morgan fingerprint density at radius 2 is 1.96 bits per heavy atom. The van der Waals surface area contributed by atoms with E-state index in [-0.39, 0.29) is 29.4 Å². The summed E-state index contributed by atoms with van der Waals surface area (Å²) in [6.07, 6.45) is -4.48. The number of hydrogen-bond acceptors (Lipinski definition) is 5. The molecule has 0 fully saturated rings. The summed E-state index contributed by atoms with van der Waals surface area (Å²) in [7, 11) is 1.29. The normalized spacial score (nSPS) is 10.9. The van der Waals surface area contributed by atoms with Crippen molar-refractivity contribution in [2.45, 2.75) is 6.18 Å². The van der Waals surface area contributed by atoms with Crippen molar-refractivity contribution in [3.63, 3.8) is 0 Å². The van der Waals surface area contributed by atoms with E-state index < -0.39 is 22.6 Å². The summed E-state index contributed by atoms with van der Waals surface area (Å²) >= 11 is 0. The lowest BCUT2D eigenvalue weighted by Gasteiger charge is -2.12. The zero-order chi connectivity index (χ0) is 19.3. The Labute approximate surface area is 145 Å². The van der Waals surface area contributed by atoms with Gasteiger partial charge in [-0.15, -0.1) is 0 Å². The van der Waals surface area contributed by atoms with Crippen molar-refractivity contribution in [1.29, 1.82) is 0 Å². The van der Waals surface area contributed by atoms with Crippen LogP contribution in [0.3, 0.4) is 0 Å². The number of amides is 1. The summed E-state index contributed by atoms with van der Waals surface area (Å²) in [5.41, 5.74) is -0.707. The highest BCUT2D eigenvalue weighted by atomic mass is 19.4. The van der Waals surface area contributed by atoms with Crippen molar-refractivity contribution in [2.24, 2.45) is 0 Å². The summed E-state index contributed by atoms with van der Waals surface area (Å²) in [6, 6.07) is 8.08. The lowest BCUT2D eigenvalue weighted by molar-refractivity contribution is -0.384. The van der Waals surface area contributed by atoms with Gasteiger partial charge in [-0.3, -0.25) is 14.9 Å². The van der Waals surface area contributed by atoms with Gasteiger partial charge in [-0.25, -0.2) is 0 Å². The van der Waals surface area contributed by atoms with Gasteiger partial charge in [0.25, 0.3) is 5.69 Å². The molecule has 0 radical (unpaired) electrons. The minimum atomic E-state index is -4.48. The number of ether oxygens (including phenoxy) is 1. The van der Waals surface area contributed by atoms with Crippen LogP contribution in [0.15, 0.2) is 42.5 Å². The Morgan fingerprint density at radius 3 is 2.58 bits per heavy atom. The third kappa shape index (κ3) is 4.85. The average Bonchev–Trinajstić information content (AvgIpc) is 2.59. The van der Waals surface area contributed by atoms with Crippen molar-refractivity contribution < 1.29 is 27.6 Å². The predicted octanol–water partition coefficient (Wildman–Crippen LogP) is 3.67.